The molecule has 0 N–H and O–H groups in total. The van der Waals surface area contributed by atoms with Crippen molar-refractivity contribution in [2.75, 3.05) is 0 Å². The molecule has 6 heteroatoms. The molecule has 136 valence electrons. The predicted octanol–water partition coefficient (Wildman–Crippen LogP) is 3.41. The van der Waals surface area contributed by atoms with Crippen molar-refractivity contribution >= 4 is 10.9 Å². The van der Waals surface area contributed by atoms with Crippen LogP contribution in [0.2, 0.25) is 0 Å². The van der Waals surface area contributed by atoms with Gasteiger partial charge in [-0.05, 0) is 36.3 Å². The summed E-state index contributed by atoms with van der Waals surface area (Å²) in [7, 11) is 0. The zero-order chi connectivity index (χ0) is 19.0. The number of alkyl halides is 2. The highest BCUT2D eigenvalue weighted by Gasteiger charge is 2.39. The second-order valence-corrected chi connectivity index (χ2v) is 6.80. The number of pyridine rings is 1. The van der Waals surface area contributed by atoms with Crippen LogP contribution in [0.3, 0.4) is 0 Å². The van der Waals surface area contributed by atoms with Gasteiger partial charge in [0.2, 0.25) is 0 Å². The van der Waals surface area contributed by atoms with E-state index >= 15 is 0 Å². The lowest BCUT2D eigenvalue weighted by Crippen LogP contribution is -2.31. The van der Waals surface area contributed by atoms with E-state index in [4.69, 9.17) is 0 Å². The number of hydrogen-bond acceptors (Lipinski definition) is 3. The summed E-state index contributed by atoms with van der Waals surface area (Å²) in [5.41, 5.74) is 1.54. The van der Waals surface area contributed by atoms with Crippen LogP contribution in [0.1, 0.15) is 30.4 Å². The standard InChI is InChI=1S/C21H17F2N3O/c1-14-13-26-19(9-10-21(14,22)23)25-18-12-15(6-8-17(18)20(26)27)5-7-16-4-2-3-11-24-16/h2-4,6,8,11-12,14H,9-10,13H2,1H3. The van der Waals surface area contributed by atoms with Gasteiger partial charge in [-0.1, -0.05) is 18.9 Å². The fraction of sp³-hybridized carbons (Fsp3) is 0.286. The summed E-state index contributed by atoms with van der Waals surface area (Å²) < 4.78 is 29.5. The maximum atomic E-state index is 14.1. The molecule has 3 heterocycles. The summed E-state index contributed by atoms with van der Waals surface area (Å²) in [4.78, 5) is 21.4. The third kappa shape index (κ3) is 3.33. The first kappa shape index (κ1) is 17.3. The molecule has 1 atom stereocenters. The molecule has 1 aliphatic rings. The minimum atomic E-state index is -2.80. The summed E-state index contributed by atoms with van der Waals surface area (Å²) in [6.45, 7) is 1.45. The van der Waals surface area contributed by atoms with Gasteiger partial charge in [0.15, 0.2) is 0 Å². The van der Waals surface area contributed by atoms with Crippen molar-refractivity contribution in [3.63, 3.8) is 0 Å². The third-order valence-corrected chi connectivity index (χ3v) is 4.89. The van der Waals surface area contributed by atoms with Gasteiger partial charge in [0.1, 0.15) is 11.5 Å². The maximum absolute atomic E-state index is 14.1. The molecule has 4 nitrogen and oxygen atoms in total. The van der Waals surface area contributed by atoms with Gasteiger partial charge in [-0.2, -0.15) is 0 Å². The van der Waals surface area contributed by atoms with E-state index < -0.39 is 11.8 Å². The number of benzene rings is 1. The Labute approximate surface area is 154 Å². The first-order valence-corrected chi connectivity index (χ1v) is 8.78. The normalized spacial score (nSPS) is 18.3. The maximum Gasteiger partial charge on any atom is 0.261 e. The van der Waals surface area contributed by atoms with Crippen molar-refractivity contribution < 1.29 is 8.78 Å². The zero-order valence-electron chi connectivity index (χ0n) is 14.7. The fourth-order valence-electron chi connectivity index (χ4n) is 3.23. The minimum absolute atomic E-state index is 0.0225. The van der Waals surface area contributed by atoms with E-state index in [0.717, 1.165) is 0 Å². The highest BCUT2D eigenvalue weighted by Crippen LogP contribution is 2.33. The first-order valence-electron chi connectivity index (χ1n) is 8.78. The lowest BCUT2D eigenvalue weighted by Gasteiger charge is -2.20. The number of fused-ring (bicyclic) bond motifs is 2. The van der Waals surface area contributed by atoms with Crippen LogP contribution in [0, 0.1) is 17.8 Å². The molecule has 0 aliphatic carbocycles. The van der Waals surface area contributed by atoms with Gasteiger partial charge in [-0.15, -0.1) is 0 Å². The smallest absolute Gasteiger partial charge is 0.261 e. The average Bonchev–Trinajstić information content (AvgIpc) is 2.78. The van der Waals surface area contributed by atoms with Crippen LogP contribution in [0.15, 0.2) is 47.4 Å². The van der Waals surface area contributed by atoms with Crippen LogP contribution in [0.4, 0.5) is 8.78 Å². The Morgan fingerprint density at radius 3 is 2.85 bits per heavy atom. The van der Waals surface area contributed by atoms with E-state index in [2.05, 4.69) is 21.8 Å². The van der Waals surface area contributed by atoms with Crippen LogP contribution in [0.25, 0.3) is 10.9 Å². The molecule has 3 aromatic rings. The summed E-state index contributed by atoms with van der Waals surface area (Å²) in [5, 5.41) is 0.416. The summed E-state index contributed by atoms with van der Waals surface area (Å²) in [6, 6.07) is 10.6. The van der Waals surface area contributed by atoms with Crippen LogP contribution < -0.4 is 5.56 Å². The van der Waals surface area contributed by atoms with Gasteiger partial charge in [-0.25, -0.2) is 18.7 Å². The van der Waals surface area contributed by atoms with Crippen molar-refractivity contribution in [1.82, 2.24) is 14.5 Å². The Morgan fingerprint density at radius 2 is 2.07 bits per heavy atom. The van der Waals surface area contributed by atoms with Crippen LogP contribution >= 0.6 is 0 Å². The molecule has 1 aromatic carbocycles. The molecule has 27 heavy (non-hydrogen) atoms. The molecule has 0 saturated carbocycles. The molecule has 0 spiro atoms. The molecule has 1 unspecified atom stereocenters. The van der Waals surface area contributed by atoms with Gasteiger partial charge < -0.3 is 0 Å². The Hall–Kier alpha value is -3.07. The summed E-state index contributed by atoms with van der Waals surface area (Å²) in [6.07, 6.45) is 1.44. The van der Waals surface area contributed by atoms with Crippen LogP contribution in [0.5, 0.6) is 0 Å². The molecule has 0 amide bonds. The quantitative estimate of drug-likeness (QED) is 0.574. The van der Waals surface area contributed by atoms with Crippen molar-refractivity contribution in [3.8, 4) is 11.8 Å². The number of halogens is 2. The van der Waals surface area contributed by atoms with Crippen molar-refractivity contribution in [2.45, 2.75) is 32.2 Å². The largest absolute Gasteiger partial charge is 0.296 e. The molecule has 1 aliphatic heterocycles. The fourth-order valence-corrected chi connectivity index (χ4v) is 3.23. The first-order chi connectivity index (χ1) is 12.9. The minimum Gasteiger partial charge on any atom is -0.296 e. The summed E-state index contributed by atoms with van der Waals surface area (Å²) >= 11 is 0. The van der Waals surface area contributed by atoms with Crippen LogP contribution in [-0.2, 0) is 13.0 Å². The number of aromatic nitrogens is 3. The second-order valence-electron chi connectivity index (χ2n) is 6.80. The molecular formula is C21H17F2N3O. The molecule has 0 fully saturated rings. The Morgan fingerprint density at radius 1 is 1.22 bits per heavy atom. The predicted molar refractivity (Wildman–Crippen MR) is 98.7 cm³/mol. The van der Waals surface area contributed by atoms with Crippen molar-refractivity contribution in [2.24, 2.45) is 5.92 Å². The Balaban J connectivity index is 1.77. The Bertz CT molecular complexity index is 1130. The highest BCUT2D eigenvalue weighted by atomic mass is 19.3. The SMILES string of the molecule is CC1Cn2c(nc3cc(C#Cc4ccccn4)ccc3c2=O)CCC1(F)F. The van der Waals surface area contributed by atoms with E-state index in [9.17, 15) is 13.6 Å². The Kier molecular flexibility index (Phi) is 4.23. The topological polar surface area (TPSA) is 47.8 Å². The lowest BCUT2D eigenvalue weighted by molar-refractivity contribution is -0.0593. The molecule has 0 bridgehead atoms. The summed E-state index contributed by atoms with van der Waals surface area (Å²) in [5.74, 6) is 2.67. The van der Waals surface area contributed by atoms with Crippen molar-refractivity contribution in [3.05, 3.63) is 70.0 Å². The molecular weight excluding hydrogens is 348 g/mol. The molecule has 0 saturated heterocycles. The molecule has 2 aromatic heterocycles. The van der Waals surface area contributed by atoms with Crippen molar-refractivity contribution in [1.29, 1.82) is 0 Å². The van der Waals surface area contributed by atoms with Gasteiger partial charge >= 0.3 is 0 Å². The number of hydrogen-bond donors (Lipinski definition) is 0. The van der Waals surface area contributed by atoms with Gasteiger partial charge in [0, 0.05) is 37.1 Å². The molecule has 0 radical (unpaired) electrons. The third-order valence-electron chi connectivity index (χ3n) is 4.89. The van der Waals surface area contributed by atoms with E-state index in [0.29, 0.717) is 28.0 Å². The number of rotatable bonds is 0. The monoisotopic (exact) mass is 365 g/mol. The number of aryl methyl sites for hydroxylation is 1. The lowest BCUT2D eigenvalue weighted by atomic mass is 10.0. The molecule has 4 rings (SSSR count). The highest BCUT2D eigenvalue weighted by molar-refractivity contribution is 5.79. The average molecular weight is 365 g/mol. The van der Waals surface area contributed by atoms with Crippen LogP contribution in [-0.4, -0.2) is 20.5 Å². The van der Waals surface area contributed by atoms with Gasteiger partial charge in [0.05, 0.1) is 10.9 Å². The second kappa shape index (κ2) is 6.58. The van der Waals surface area contributed by atoms with Gasteiger partial charge in [-0.3, -0.25) is 9.36 Å². The van der Waals surface area contributed by atoms with E-state index in [1.807, 2.05) is 12.1 Å². The number of nitrogens with zero attached hydrogens (tertiary/aromatic N) is 3. The van der Waals surface area contributed by atoms with E-state index in [1.165, 1.54) is 11.5 Å². The van der Waals surface area contributed by atoms with Gasteiger partial charge in [0.25, 0.3) is 11.5 Å². The van der Waals surface area contributed by atoms with E-state index in [-0.39, 0.29) is 24.9 Å². The van der Waals surface area contributed by atoms with E-state index in [1.54, 1.807) is 30.5 Å². The zero-order valence-corrected chi connectivity index (χ0v) is 14.7.